The van der Waals surface area contributed by atoms with Gasteiger partial charge in [-0.2, -0.15) is 0 Å². The molecule has 2 aromatic carbocycles. The average molecular weight is 283 g/mol. The van der Waals surface area contributed by atoms with Gasteiger partial charge >= 0.3 is 0 Å². The first-order chi connectivity index (χ1) is 8.47. The number of benzene rings is 2. The third-order valence-electron chi connectivity index (χ3n) is 2.28. The Kier molecular flexibility index (Phi) is 3.59. The maximum absolute atomic E-state index is 11.4. The van der Waals surface area contributed by atoms with E-state index in [1.54, 1.807) is 18.2 Å². The molecule has 0 amide bonds. The molecule has 0 atom stereocenters. The lowest BCUT2D eigenvalue weighted by Crippen LogP contribution is -1.98. The molecular formula is C13H11ClO3S. The van der Waals surface area contributed by atoms with Crippen LogP contribution in [-0.2, 0) is 9.84 Å². The molecule has 0 saturated carbocycles. The van der Waals surface area contributed by atoms with Crippen LogP contribution in [0, 0.1) is 0 Å². The highest BCUT2D eigenvalue weighted by Gasteiger charge is 2.12. The van der Waals surface area contributed by atoms with Gasteiger partial charge in [-0.25, -0.2) is 8.42 Å². The van der Waals surface area contributed by atoms with Crippen LogP contribution in [0.15, 0.2) is 53.4 Å². The first-order valence-electron chi connectivity index (χ1n) is 5.19. The number of halogens is 1. The summed E-state index contributed by atoms with van der Waals surface area (Å²) in [6.45, 7) is 0. The van der Waals surface area contributed by atoms with Crippen molar-refractivity contribution in [3.05, 3.63) is 53.6 Å². The van der Waals surface area contributed by atoms with E-state index in [0.717, 1.165) is 6.26 Å². The maximum Gasteiger partial charge on any atom is 0.176 e. The van der Waals surface area contributed by atoms with Gasteiger partial charge in [-0.1, -0.05) is 29.8 Å². The molecule has 0 aliphatic rings. The third kappa shape index (κ3) is 3.03. The van der Waals surface area contributed by atoms with Gasteiger partial charge in [-0.15, -0.1) is 0 Å². The van der Waals surface area contributed by atoms with Crippen LogP contribution in [0.25, 0.3) is 0 Å². The van der Waals surface area contributed by atoms with Gasteiger partial charge in [0.05, 0.1) is 9.92 Å². The normalized spacial score (nSPS) is 11.2. The van der Waals surface area contributed by atoms with E-state index in [1.807, 2.05) is 18.2 Å². The lowest BCUT2D eigenvalue weighted by Gasteiger charge is -2.07. The van der Waals surface area contributed by atoms with Crippen molar-refractivity contribution in [2.24, 2.45) is 0 Å². The number of hydrogen-bond acceptors (Lipinski definition) is 3. The Morgan fingerprint density at radius 3 is 2.22 bits per heavy atom. The summed E-state index contributed by atoms with van der Waals surface area (Å²) in [7, 11) is -3.31. The van der Waals surface area contributed by atoms with Gasteiger partial charge in [0, 0.05) is 12.3 Å². The molecule has 0 spiro atoms. The minimum absolute atomic E-state index is 0.101. The van der Waals surface area contributed by atoms with Gasteiger partial charge in [0.15, 0.2) is 9.84 Å². The van der Waals surface area contributed by atoms with E-state index < -0.39 is 9.84 Å². The second-order valence-electron chi connectivity index (χ2n) is 3.78. The van der Waals surface area contributed by atoms with Gasteiger partial charge in [-0.05, 0) is 24.3 Å². The quantitative estimate of drug-likeness (QED) is 0.865. The number of ether oxygens (including phenoxy) is 1. The van der Waals surface area contributed by atoms with Gasteiger partial charge in [-0.3, -0.25) is 0 Å². The lowest BCUT2D eigenvalue weighted by molar-refractivity contribution is 0.482. The largest absolute Gasteiger partial charge is 0.457 e. The van der Waals surface area contributed by atoms with Crippen molar-refractivity contribution in [1.82, 2.24) is 0 Å². The Balaban J connectivity index is 2.30. The van der Waals surface area contributed by atoms with Crippen molar-refractivity contribution in [1.29, 1.82) is 0 Å². The van der Waals surface area contributed by atoms with E-state index >= 15 is 0 Å². The van der Waals surface area contributed by atoms with Crippen molar-refractivity contribution in [3.8, 4) is 11.5 Å². The zero-order valence-corrected chi connectivity index (χ0v) is 11.2. The number of para-hydroxylation sites is 1. The Bertz CT molecular complexity index is 651. The van der Waals surface area contributed by atoms with E-state index in [-0.39, 0.29) is 9.92 Å². The summed E-state index contributed by atoms with van der Waals surface area (Å²) in [6, 6.07) is 13.7. The second kappa shape index (κ2) is 5.00. The monoisotopic (exact) mass is 282 g/mol. The molecule has 0 aliphatic heterocycles. The minimum atomic E-state index is -3.31. The molecule has 3 nitrogen and oxygen atoms in total. The van der Waals surface area contributed by atoms with Crippen LogP contribution >= 0.6 is 11.6 Å². The summed E-state index contributed by atoms with van der Waals surface area (Å²) in [4.78, 5) is 0.101. The summed E-state index contributed by atoms with van der Waals surface area (Å²) in [6.07, 6.45) is 1.12. The fraction of sp³-hybridized carbons (Fsp3) is 0.0769. The van der Waals surface area contributed by atoms with Gasteiger partial charge in [0.2, 0.25) is 0 Å². The summed E-state index contributed by atoms with van der Waals surface area (Å²) in [5.41, 5.74) is 0. The van der Waals surface area contributed by atoms with Crippen molar-refractivity contribution in [2.75, 3.05) is 6.26 Å². The fourth-order valence-corrected chi connectivity index (χ4v) is 2.79. The SMILES string of the molecule is CS(=O)(=O)c1ccc(Oc2ccccc2)cc1Cl. The van der Waals surface area contributed by atoms with Gasteiger partial charge in [0.1, 0.15) is 11.5 Å². The molecule has 0 radical (unpaired) electrons. The van der Waals surface area contributed by atoms with Crippen LogP contribution in [-0.4, -0.2) is 14.7 Å². The topological polar surface area (TPSA) is 43.4 Å². The predicted molar refractivity (Wildman–Crippen MR) is 71.1 cm³/mol. The number of hydrogen-bond donors (Lipinski definition) is 0. The molecule has 0 saturated heterocycles. The summed E-state index contributed by atoms with van der Waals surface area (Å²) in [5.74, 6) is 1.17. The highest BCUT2D eigenvalue weighted by molar-refractivity contribution is 7.90. The zero-order valence-electron chi connectivity index (χ0n) is 9.63. The third-order valence-corrected chi connectivity index (χ3v) is 3.86. The van der Waals surface area contributed by atoms with E-state index in [4.69, 9.17) is 16.3 Å². The Labute approximate surface area is 111 Å². The molecule has 0 aliphatic carbocycles. The van der Waals surface area contributed by atoms with Crippen LogP contribution in [0.1, 0.15) is 0 Å². The Hall–Kier alpha value is -1.52. The molecule has 2 rings (SSSR count). The highest BCUT2D eigenvalue weighted by Crippen LogP contribution is 2.28. The van der Waals surface area contributed by atoms with Crippen LogP contribution in [0.3, 0.4) is 0 Å². The molecule has 18 heavy (non-hydrogen) atoms. The molecular weight excluding hydrogens is 272 g/mol. The van der Waals surface area contributed by atoms with E-state index in [0.29, 0.717) is 11.5 Å². The summed E-state index contributed by atoms with van der Waals surface area (Å²) >= 11 is 5.92. The standard InChI is InChI=1S/C13H11ClO3S/c1-18(15,16)13-8-7-11(9-12(13)14)17-10-5-3-2-4-6-10/h2-9H,1H3. The number of rotatable bonds is 3. The molecule has 2 aromatic rings. The smallest absolute Gasteiger partial charge is 0.176 e. The molecule has 0 heterocycles. The van der Waals surface area contributed by atoms with Crippen LogP contribution in [0.4, 0.5) is 0 Å². The van der Waals surface area contributed by atoms with Crippen molar-refractivity contribution in [3.63, 3.8) is 0 Å². The molecule has 0 fully saturated rings. The van der Waals surface area contributed by atoms with Gasteiger partial charge < -0.3 is 4.74 Å². The summed E-state index contributed by atoms with van der Waals surface area (Å²) < 4.78 is 28.3. The van der Waals surface area contributed by atoms with E-state index in [2.05, 4.69) is 0 Å². The zero-order chi connectivity index (χ0) is 13.2. The molecule has 0 unspecified atom stereocenters. The summed E-state index contributed by atoms with van der Waals surface area (Å²) in [5, 5.41) is 0.158. The predicted octanol–water partition coefficient (Wildman–Crippen LogP) is 3.54. The Morgan fingerprint density at radius 2 is 1.67 bits per heavy atom. The second-order valence-corrected chi connectivity index (χ2v) is 6.17. The van der Waals surface area contributed by atoms with Gasteiger partial charge in [0.25, 0.3) is 0 Å². The molecule has 0 N–H and O–H groups in total. The highest BCUT2D eigenvalue weighted by atomic mass is 35.5. The van der Waals surface area contributed by atoms with Crippen molar-refractivity contribution in [2.45, 2.75) is 4.90 Å². The molecule has 0 aromatic heterocycles. The van der Waals surface area contributed by atoms with Crippen LogP contribution in [0.2, 0.25) is 5.02 Å². The Morgan fingerprint density at radius 1 is 1.00 bits per heavy atom. The van der Waals surface area contributed by atoms with Crippen molar-refractivity contribution >= 4 is 21.4 Å². The molecule has 5 heteroatoms. The van der Waals surface area contributed by atoms with E-state index in [1.165, 1.54) is 12.1 Å². The van der Waals surface area contributed by atoms with Crippen LogP contribution in [0.5, 0.6) is 11.5 Å². The first kappa shape index (κ1) is 12.9. The van der Waals surface area contributed by atoms with Crippen LogP contribution < -0.4 is 4.74 Å². The number of sulfone groups is 1. The molecule has 94 valence electrons. The first-order valence-corrected chi connectivity index (χ1v) is 7.46. The van der Waals surface area contributed by atoms with E-state index in [9.17, 15) is 8.42 Å². The van der Waals surface area contributed by atoms with Crippen molar-refractivity contribution < 1.29 is 13.2 Å². The molecule has 0 bridgehead atoms. The minimum Gasteiger partial charge on any atom is -0.457 e. The maximum atomic E-state index is 11.4. The fourth-order valence-electron chi connectivity index (χ4n) is 1.47. The lowest BCUT2D eigenvalue weighted by atomic mass is 10.3. The average Bonchev–Trinajstić information content (AvgIpc) is 2.28.